The highest BCUT2D eigenvalue weighted by Crippen LogP contribution is 2.38. The second-order valence-electron chi connectivity index (χ2n) is 7.21. The molecule has 4 rings (SSSR count). The molecule has 0 radical (unpaired) electrons. The molecule has 3 aromatic carbocycles. The molecule has 1 aliphatic heterocycles. The van der Waals surface area contributed by atoms with Crippen LogP contribution in [-0.2, 0) is 14.3 Å². The minimum Gasteiger partial charge on any atom is -0.453 e. The van der Waals surface area contributed by atoms with E-state index < -0.39 is 46.8 Å². The number of esters is 1. The minimum atomic E-state index is -1.83. The minimum absolute atomic E-state index is 0.0688. The van der Waals surface area contributed by atoms with Crippen molar-refractivity contribution in [2.24, 2.45) is 5.92 Å². The van der Waals surface area contributed by atoms with Crippen molar-refractivity contribution in [3.8, 4) is 6.07 Å². The number of ether oxygens (including phenoxy) is 1. The molecule has 0 aromatic heterocycles. The highest BCUT2D eigenvalue weighted by Gasteiger charge is 2.46. The summed E-state index contributed by atoms with van der Waals surface area (Å²) in [7, 11) is 0. The van der Waals surface area contributed by atoms with Gasteiger partial charge in [-0.25, -0.2) is 9.18 Å². The van der Waals surface area contributed by atoms with Crippen molar-refractivity contribution in [1.82, 2.24) is 0 Å². The number of carbonyl (C=O) groups is 4. The van der Waals surface area contributed by atoms with Crippen LogP contribution in [-0.4, -0.2) is 23.4 Å². The van der Waals surface area contributed by atoms with Gasteiger partial charge in [0.2, 0.25) is 5.78 Å². The summed E-state index contributed by atoms with van der Waals surface area (Å²) >= 11 is 0. The molecule has 0 spiro atoms. The van der Waals surface area contributed by atoms with Crippen LogP contribution in [0.3, 0.4) is 0 Å². The van der Waals surface area contributed by atoms with Crippen LogP contribution < -0.4 is 5.32 Å². The van der Waals surface area contributed by atoms with Gasteiger partial charge in [-0.3, -0.25) is 14.4 Å². The van der Waals surface area contributed by atoms with Crippen LogP contribution in [0.4, 0.5) is 10.1 Å². The Bertz CT molecular complexity index is 1340. The number of para-hydroxylation sites is 1. The molecule has 1 aliphatic rings. The third-order valence-electron chi connectivity index (χ3n) is 5.25. The third-order valence-corrected chi connectivity index (χ3v) is 5.25. The summed E-state index contributed by atoms with van der Waals surface area (Å²) in [6.45, 7) is 0. The van der Waals surface area contributed by atoms with Crippen LogP contribution in [0.2, 0.25) is 0 Å². The Morgan fingerprint density at radius 3 is 2.39 bits per heavy atom. The highest BCUT2D eigenvalue weighted by molar-refractivity contribution is 6.45. The molecular weight excluding hydrogens is 427 g/mol. The van der Waals surface area contributed by atoms with Gasteiger partial charge in [-0.1, -0.05) is 42.5 Å². The van der Waals surface area contributed by atoms with Crippen LogP contribution in [0.25, 0.3) is 0 Å². The largest absolute Gasteiger partial charge is 0.453 e. The molecule has 33 heavy (non-hydrogen) atoms. The monoisotopic (exact) mass is 442 g/mol. The summed E-state index contributed by atoms with van der Waals surface area (Å²) < 4.78 is 19.7. The average Bonchev–Trinajstić information content (AvgIpc) is 3.16. The number of carbonyl (C=O) groups excluding carboxylic acids is 4. The Hall–Kier alpha value is -4.64. The van der Waals surface area contributed by atoms with E-state index in [-0.39, 0.29) is 22.4 Å². The number of hydrogen-bond donors (Lipinski definition) is 1. The topological polar surface area (TPSA) is 113 Å². The molecule has 1 N–H and O–H groups in total. The number of halogens is 1. The fraction of sp³-hybridized carbons (Fsp3) is 0.0800. The van der Waals surface area contributed by atoms with Crippen molar-refractivity contribution in [2.45, 2.75) is 6.10 Å². The van der Waals surface area contributed by atoms with Crippen molar-refractivity contribution < 1.29 is 28.3 Å². The highest BCUT2D eigenvalue weighted by atomic mass is 19.1. The standard InChI is InChI=1S/C25H15FN2O5/c26-18-11-5-4-10-17(18)21(29)20(23-15-8-2-3-9-16(15)25(32)33-23)22(30)24(31)28-19-12-6-1-7-14(19)13-27/h1-12,20,23H,(H,28,31)/t20-,23+/m0/s1. The van der Waals surface area contributed by atoms with Crippen LogP contribution in [0, 0.1) is 23.1 Å². The normalized spacial score (nSPS) is 15.0. The first-order valence-electron chi connectivity index (χ1n) is 9.85. The van der Waals surface area contributed by atoms with E-state index in [4.69, 9.17) is 4.74 Å². The van der Waals surface area contributed by atoms with E-state index in [9.17, 15) is 28.8 Å². The molecule has 0 saturated carbocycles. The Kier molecular flexibility index (Phi) is 5.79. The molecule has 7 nitrogen and oxygen atoms in total. The molecule has 2 atom stereocenters. The molecule has 0 unspecified atom stereocenters. The zero-order chi connectivity index (χ0) is 23.5. The lowest BCUT2D eigenvalue weighted by atomic mass is 9.84. The number of fused-ring (bicyclic) bond motifs is 1. The molecular formula is C25H15FN2O5. The number of rotatable bonds is 6. The number of cyclic esters (lactones) is 1. The molecule has 3 aromatic rings. The third kappa shape index (κ3) is 4.00. The second kappa shape index (κ2) is 8.85. The van der Waals surface area contributed by atoms with Gasteiger partial charge in [-0.2, -0.15) is 5.26 Å². The van der Waals surface area contributed by atoms with E-state index in [1.54, 1.807) is 24.3 Å². The van der Waals surface area contributed by atoms with Gasteiger partial charge in [0.05, 0.1) is 22.4 Å². The number of nitrogens with one attached hydrogen (secondary N) is 1. The summed E-state index contributed by atoms with van der Waals surface area (Å²) in [6, 6.07) is 19.0. The predicted octanol–water partition coefficient (Wildman–Crippen LogP) is 3.62. The number of hydrogen-bond acceptors (Lipinski definition) is 6. The van der Waals surface area contributed by atoms with Crippen LogP contribution in [0.1, 0.15) is 37.9 Å². The first-order valence-corrected chi connectivity index (χ1v) is 9.85. The zero-order valence-corrected chi connectivity index (χ0v) is 16.9. The molecule has 8 heteroatoms. The van der Waals surface area contributed by atoms with Crippen LogP contribution >= 0.6 is 0 Å². The molecule has 0 aliphatic carbocycles. The number of nitriles is 1. The van der Waals surface area contributed by atoms with Crippen molar-refractivity contribution in [2.75, 3.05) is 5.32 Å². The van der Waals surface area contributed by atoms with E-state index in [0.29, 0.717) is 0 Å². The van der Waals surface area contributed by atoms with Gasteiger partial charge < -0.3 is 10.1 Å². The lowest BCUT2D eigenvalue weighted by Gasteiger charge is -2.21. The maximum atomic E-state index is 14.4. The molecule has 162 valence electrons. The fourth-order valence-corrected chi connectivity index (χ4v) is 3.66. The van der Waals surface area contributed by atoms with Crippen LogP contribution in [0.5, 0.6) is 0 Å². The van der Waals surface area contributed by atoms with Crippen molar-refractivity contribution >= 4 is 29.1 Å². The van der Waals surface area contributed by atoms with Gasteiger partial charge in [0, 0.05) is 5.56 Å². The number of Topliss-reactive ketones (excluding diaryl/α,β-unsaturated/α-hetero) is 2. The van der Waals surface area contributed by atoms with Gasteiger partial charge in [-0.15, -0.1) is 0 Å². The maximum absolute atomic E-state index is 14.4. The Labute approximate surface area is 187 Å². The van der Waals surface area contributed by atoms with E-state index in [1.807, 2.05) is 6.07 Å². The fourth-order valence-electron chi connectivity index (χ4n) is 3.66. The van der Waals surface area contributed by atoms with E-state index in [1.165, 1.54) is 42.5 Å². The first-order chi connectivity index (χ1) is 15.9. The van der Waals surface area contributed by atoms with Crippen LogP contribution in [0.15, 0.2) is 72.8 Å². The number of ketones is 2. The zero-order valence-electron chi connectivity index (χ0n) is 16.9. The smallest absolute Gasteiger partial charge is 0.339 e. The summed E-state index contributed by atoms with van der Waals surface area (Å²) in [5, 5.41) is 11.5. The lowest BCUT2D eigenvalue weighted by Crippen LogP contribution is -2.38. The molecule has 0 bridgehead atoms. The summed E-state index contributed by atoms with van der Waals surface area (Å²) in [5.74, 6) is -6.91. The van der Waals surface area contributed by atoms with Gasteiger partial charge in [-0.05, 0) is 30.3 Å². The molecule has 0 fully saturated rings. The van der Waals surface area contributed by atoms with Gasteiger partial charge >= 0.3 is 5.97 Å². The van der Waals surface area contributed by atoms with E-state index >= 15 is 0 Å². The van der Waals surface area contributed by atoms with Gasteiger partial charge in [0.25, 0.3) is 5.91 Å². The molecule has 1 heterocycles. The number of benzene rings is 3. The summed E-state index contributed by atoms with van der Waals surface area (Å²) in [6.07, 6.45) is -1.41. The Morgan fingerprint density at radius 2 is 1.64 bits per heavy atom. The molecule has 0 saturated heterocycles. The number of amides is 1. The van der Waals surface area contributed by atoms with Gasteiger partial charge in [0.1, 0.15) is 23.9 Å². The maximum Gasteiger partial charge on any atom is 0.339 e. The van der Waals surface area contributed by atoms with Crippen molar-refractivity contribution in [3.05, 3.63) is 101 Å². The van der Waals surface area contributed by atoms with E-state index in [0.717, 1.165) is 6.07 Å². The summed E-state index contributed by atoms with van der Waals surface area (Å²) in [4.78, 5) is 51.7. The lowest BCUT2D eigenvalue weighted by molar-refractivity contribution is -0.138. The summed E-state index contributed by atoms with van der Waals surface area (Å²) in [5.41, 5.74) is 0.154. The number of anilines is 1. The van der Waals surface area contributed by atoms with Crippen molar-refractivity contribution in [3.63, 3.8) is 0 Å². The predicted molar refractivity (Wildman–Crippen MR) is 114 cm³/mol. The Morgan fingerprint density at radius 1 is 0.970 bits per heavy atom. The Balaban J connectivity index is 1.75. The van der Waals surface area contributed by atoms with Crippen molar-refractivity contribution in [1.29, 1.82) is 5.26 Å². The second-order valence-corrected chi connectivity index (χ2v) is 7.21. The quantitative estimate of drug-likeness (QED) is 0.270. The molecule has 1 amide bonds. The van der Waals surface area contributed by atoms with Gasteiger partial charge in [0.15, 0.2) is 5.78 Å². The SMILES string of the molecule is N#Cc1ccccc1NC(=O)C(=O)[C@H](C(=O)c1ccccc1F)[C@@H]1OC(=O)c2ccccc21. The van der Waals surface area contributed by atoms with E-state index in [2.05, 4.69) is 5.32 Å². The average molecular weight is 442 g/mol. The number of nitrogens with zero attached hydrogens (tertiary/aromatic N) is 1. The first kappa shape index (κ1) is 21.6.